The third kappa shape index (κ3) is 7.05. The summed E-state index contributed by atoms with van der Waals surface area (Å²) in [5.74, 6) is -0.914. The Bertz CT molecular complexity index is 1430. The van der Waals surface area contributed by atoms with Crippen molar-refractivity contribution in [1.29, 1.82) is 0 Å². The summed E-state index contributed by atoms with van der Waals surface area (Å²) in [6.07, 6.45) is 0.739. The Labute approximate surface area is 239 Å². The average Bonchev–Trinajstić information content (AvgIpc) is 3.17. The Morgan fingerprint density at radius 2 is 1.56 bits per heavy atom. The number of rotatable bonds is 7. The van der Waals surface area contributed by atoms with Crippen LogP contribution in [0.25, 0.3) is 0 Å². The summed E-state index contributed by atoms with van der Waals surface area (Å²) >= 11 is 0. The van der Waals surface area contributed by atoms with Gasteiger partial charge < -0.3 is 30.3 Å². The number of carbonyl (C=O) groups excluding carboxylic acids is 3. The molecule has 0 spiro atoms. The summed E-state index contributed by atoms with van der Waals surface area (Å²) < 4.78 is 11.0. The van der Waals surface area contributed by atoms with Gasteiger partial charge in [0.15, 0.2) is 5.78 Å². The number of ether oxygens (including phenoxy) is 2. The second-order valence-corrected chi connectivity index (χ2v) is 11.1. The number of ketones is 1. The maximum atomic E-state index is 13.2. The fourth-order valence-electron chi connectivity index (χ4n) is 4.78. The van der Waals surface area contributed by atoms with Gasteiger partial charge in [-0.25, -0.2) is 4.79 Å². The molecule has 9 nitrogen and oxygen atoms in total. The van der Waals surface area contributed by atoms with Crippen molar-refractivity contribution < 1.29 is 34.1 Å². The second kappa shape index (κ2) is 12.4. The number of carbonyl (C=O) groups is 3. The first kappa shape index (κ1) is 29.6. The molecule has 0 aliphatic carbocycles. The molecule has 0 bridgehead atoms. The topological polar surface area (TPSA) is 134 Å². The summed E-state index contributed by atoms with van der Waals surface area (Å²) in [6, 6.07) is 14.7. The first-order chi connectivity index (χ1) is 19.5. The fourth-order valence-corrected chi connectivity index (χ4v) is 4.78. The number of esters is 1. The zero-order valence-corrected chi connectivity index (χ0v) is 23.7. The van der Waals surface area contributed by atoms with Gasteiger partial charge in [-0.1, -0.05) is 32.9 Å². The Hall–Kier alpha value is -4.37. The molecule has 1 aliphatic rings. The number of benzene rings is 3. The molecule has 2 atom stereocenters. The first-order valence-electron chi connectivity index (χ1n) is 13.6. The average molecular weight is 561 g/mol. The highest BCUT2D eigenvalue weighted by Gasteiger charge is 2.30. The molecule has 1 amide bonds. The van der Waals surface area contributed by atoms with Crippen LogP contribution in [-0.4, -0.2) is 60.2 Å². The largest absolute Gasteiger partial charge is 0.508 e. The molecule has 1 saturated heterocycles. The van der Waals surface area contributed by atoms with Gasteiger partial charge in [-0.2, -0.15) is 0 Å². The van der Waals surface area contributed by atoms with Crippen LogP contribution in [0.15, 0.2) is 60.7 Å². The van der Waals surface area contributed by atoms with Crippen molar-refractivity contribution >= 4 is 17.7 Å². The van der Waals surface area contributed by atoms with E-state index in [1.807, 2.05) is 20.8 Å². The van der Waals surface area contributed by atoms with E-state index in [1.165, 1.54) is 49.6 Å². The summed E-state index contributed by atoms with van der Waals surface area (Å²) in [4.78, 5) is 39.2. The maximum absolute atomic E-state index is 13.2. The van der Waals surface area contributed by atoms with E-state index in [0.717, 1.165) is 13.0 Å². The van der Waals surface area contributed by atoms with Crippen molar-refractivity contribution in [3.05, 3.63) is 88.5 Å². The van der Waals surface area contributed by atoms with E-state index in [2.05, 4.69) is 10.6 Å². The van der Waals surface area contributed by atoms with Crippen LogP contribution in [0.4, 0.5) is 0 Å². The van der Waals surface area contributed by atoms with Gasteiger partial charge in [-0.3, -0.25) is 9.59 Å². The highest BCUT2D eigenvalue weighted by molar-refractivity contribution is 6.11. The summed E-state index contributed by atoms with van der Waals surface area (Å²) in [5, 5.41) is 26.7. The number of hydrogen-bond acceptors (Lipinski definition) is 8. The van der Waals surface area contributed by atoms with Crippen molar-refractivity contribution in [1.82, 2.24) is 10.6 Å². The number of methoxy groups -OCH3 is 1. The Balaban J connectivity index is 1.46. The van der Waals surface area contributed by atoms with Crippen molar-refractivity contribution in [2.45, 2.75) is 51.2 Å². The van der Waals surface area contributed by atoms with Crippen LogP contribution in [0.3, 0.4) is 0 Å². The lowest BCUT2D eigenvalue weighted by atomic mass is 9.85. The minimum atomic E-state index is -0.573. The molecule has 0 saturated carbocycles. The van der Waals surface area contributed by atoms with E-state index in [1.54, 1.807) is 18.2 Å². The zero-order chi connectivity index (χ0) is 29.7. The molecule has 216 valence electrons. The van der Waals surface area contributed by atoms with E-state index in [-0.39, 0.29) is 39.5 Å². The molecule has 0 unspecified atom stereocenters. The molecule has 41 heavy (non-hydrogen) atoms. The van der Waals surface area contributed by atoms with Crippen molar-refractivity contribution in [3.63, 3.8) is 0 Å². The Morgan fingerprint density at radius 3 is 2.24 bits per heavy atom. The molecule has 4 N–H and O–H groups in total. The highest BCUT2D eigenvalue weighted by Crippen LogP contribution is 2.31. The summed E-state index contributed by atoms with van der Waals surface area (Å²) in [5.41, 5.74) is 1.36. The molecule has 1 aliphatic heterocycles. The second-order valence-electron chi connectivity index (χ2n) is 11.1. The molecule has 3 aromatic carbocycles. The van der Waals surface area contributed by atoms with Crippen LogP contribution in [-0.2, 0) is 10.2 Å². The highest BCUT2D eigenvalue weighted by atomic mass is 16.5. The summed E-state index contributed by atoms with van der Waals surface area (Å²) in [6.45, 7) is 7.02. The molecule has 1 fully saturated rings. The lowest BCUT2D eigenvalue weighted by Gasteiger charge is -2.26. The Kier molecular flexibility index (Phi) is 8.98. The monoisotopic (exact) mass is 560 g/mol. The molecular formula is C32H36N2O7. The number of phenolic OH excluding ortho intramolecular Hbond substituents is 2. The third-order valence-electron chi connectivity index (χ3n) is 7.13. The molecule has 1 heterocycles. The van der Waals surface area contributed by atoms with Crippen LogP contribution in [0.5, 0.6) is 17.2 Å². The van der Waals surface area contributed by atoms with Crippen molar-refractivity contribution in [3.8, 4) is 17.2 Å². The summed E-state index contributed by atoms with van der Waals surface area (Å²) in [7, 11) is 1.47. The molecule has 0 radical (unpaired) electrons. The number of aromatic hydroxyl groups is 2. The number of amides is 1. The van der Waals surface area contributed by atoms with E-state index >= 15 is 0 Å². The predicted octanol–water partition coefficient (Wildman–Crippen LogP) is 4.34. The number of hydrogen-bond donors (Lipinski definition) is 4. The smallest absolute Gasteiger partial charge is 0.338 e. The molecular weight excluding hydrogens is 524 g/mol. The SMILES string of the molecule is COc1ccc(O)c(C(=O)c2ccc(C(=O)O[C@@H]3CCCNC[C@H]3NC(=O)c3ccc(O)c(C(C)(C)C)c3)cc2)c1. The quantitative estimate of drug-likeness (QED) is 0.248. The molecule has 9 heteroatoms. The van der Waals surface area contributed by atoms with Gasteiger partial charge in [0.25, 0.3) is 5.91 Å². The van der Waals surface area contributed by atoms with Gasteiger partial charge >= 0.3 is 5.97 Å². The lowest BCUT2D eigenvalue weighted by molar-refractivity contribution is 0.0192. The molecule has 0 aromatic heterocycles. The first-order valence-corrected chi connectivity index (χ1v) is 13.6. The van der Waals surface area contributed by atoms with Gasteiger partial charge in [-0.05, 0) is 73.3 Å². The normalized spacial score (nSPS) is 17.3. The van der Waals surface area contributed by atoms with Crippen LogP contribution in [0.2, 0.25) is 0 Å². The molecule has 3 aromatic rings. The van der Waals surface area contributed by atoms with E-state index < -0.39 is 23.9 Å². The van der Waals surface area contributed by atoms with Crippen LogP contribution < -0.4 is 15.4 Å². The third-order valence-corrected chi connectivity index (χ3v) is 7.13. The van der Waals surface area contributed by atoms with E-state index in [0.29, 0.717) is 29.8 Å². The van der Waals surface area contributed by atoms with Gasteiger partial charge in [0.05, 0.1) is 24.3 Å². The van der Waals surface area contributed by atoms with Crippen LogP contribution in [0.1, 0.15) is 75.8 Å². The maximum Gasteiger partial charge on any atom is 0.338 e. The number of phenols is 2. The predicted molar refractivity (Wildman–Crippen MR) is 154 cm³/mol. The Morgan fingerprint density at radius 1 is 0.902 bits per heavy atom. The lowest BCUT2D eigenvalue weighted by Crippen LogP contribution is -2.49. The van der Waals surface area contributed by atoms with Crippen molar-refractivity contribution in [2.24, 2.45) is 0 Å². The van der Waals surface area contributed by atoms with E-state index in [9.17, 15) is 24.6 Å². The number of nitrogens with one attached hydrogen (secondary N) is 2. The fraction of sp³-hybridized carbons (Fsp3) is 0.344. The van der Waals surface area contributed by atoms with Gasteiger partial charge in [0.1, 0.15) is 23.4 Å². The minimum Gasteiger partial charge on any atom is -0.508 e. The minimum absolute atomic E-state index is 0.0902. The van der Waals surface area contributed by atoms with Gasteiger partial charge in [0.2, 0.25) is 0 Å². The van der Waals surface area contributed by atoms with Crippen LogP contribution >= 0.6 is 0 Å². The van der Waals surface area contributed by atoms with Crippen LogP contribution in [0, 0.1) is 0 Å². The van der Waals surface area contributed by atoms with Crippen molar-refractivity contribution in [2.75, 3.05) is 20.2 Å². The zero-order valence-electron chi connectivity index (χ0n) is 23.7. The molecule has 4 rings (SSSR count). The van der Waals surface area contributed by atoms with Gasteiger partial charge in [0, 0.05) is 23.2 Å². The standard InChI is InChI=1S/C32H36N2O7/c1-32(2,3)24-16-21(11-13-27(24)36)30(38)34-25-18-33-15-5-6-28(25)41-31(39)20-9-7-19(8-10-20)29(37)23-17-22(40-4)12-14-26(23)35/h7-14,16-17,25,28,33,35-36H,5-6,15,18H2,1-4H3,(H,34,38)/t25-,28-/m1/s1. The van der Waals surface area contributed by atoms with E-state index in [4.69, 9.17) is 9.47 Å². The van der Waals surface area contributed by atoms with Gasteiger partial charge in [-0.15, -0.1) is 0 Å².